The predicted octanol–water partition coefficient (Wildman–Crippen LogP) is 3.01. The van der Waals surface area contributed by atoms with Crippen molar-refractivity contribution in [2.45, 2.75) is 26.1 Å². The van der Waals surface area contributed by atoms with Gasteiger partial charge >= 0.3 is 7.60 Å². The normalized spacial score (nSPS) is 14.3. The van der Waals surface area contributed by atoms with Crippen LogP contribution in [-0.2, 0) is 13.6 Å². The second-order valence-electron chi connectivity index (χ2n) is 3.97. The average molecular weight is 282 g/mol. The standard InChI is InChI=1S/C14H19O4P/c1-4-17-19(16,18-5-2)14(3,15)12-11-13-9-7-6-8-10-13/h6-10,15H,4-5H2,1-3H3. The van der Waals surface area contributed by atoms with Crippen molar-refractivity contribution in [2.24, 2.45) is 0 Å². The molecule has 1 unspecified atom stereocenters. The molecule has 1 atom stereocenters. The fourth-order valence-electron chi connectivity index (χ4n) is 1.41. The summed E-state index contributed by atoms with van der Waals surface area (Å²) >= 11 is 0. The molecule has 5 heteroatoms. The summed E-state index contributed by atoms with van der Waals surface area (Å²) in [5.74, 6) is 5.35. The van der Waals surface area contributed by atoms with Crippen molar-refractivity contribution >= 4 is 7.60 Å². The van der Waals surface area contributed by atoms with Crippen molar-refractivity contribution < 1.29 is 18.7 Å². The molecule has 0 aliphatic heterocycles. The van der Waals surface area contributed by atoms with Crippen molar-refractivity contribution in [3.63, 3.8) is 0 Å². The Balaban J connectivity index is 3.02. The summed E-state index contributed by atoms with van der Waals surface area (Å²) in [6.45, 7) is 5.08. The first-order chi connectivity index (χ1) is 8.95. The summed E-state index contributed by atoms with van der Waals surface area (Å²) in [4.78, 5) is 0. The van der Waals surface area contributed by atoms with Crippen LogP contribution in [0.4, 0.5) is 0 Å². The van der Waals surface area contributed by atoms with E-state index in [0.29, 0.717) is 0 Å². The van der Waals surface area contributed by atoms with Gasteiger partial charge in [-0.3, -0.25) is 4.57 Å². The molecule has 1 aromatic carbocycles. The molecule has 0 saturated heterocycles. The molecule has 1 rings (SSSR count). The van der Waals surface area contributed by atoms with Crippen LogP contribution >= 0.6 is 7.60 Å². The molecule has 104 valence electrons. The van der Waals surface area contributed by atoms with Gasteiger partial charge in [-0.25, -0.2) is 0 Å². The molecule has 0 aliphatic rings. The van der Waals surface area contributed by atoms with E-state index < -0.39 is 12.9 Å². The van der Waals surface area contributed by atoms with Gasteiger partial charge in [0.1, 0.15) is 0 Å². The number of hydrogen-bond acceptors (Lipinski definition) is 4. The SMILES string of the molecule is CCOP(=O)(OCC)C(C)(O)C#Cc1ccccc1. The van der Waals surface area contributed by atoms with Gasteiger partial charge in [0, 0.05) is 5.56 Å². The number of hydrogen-bond donors (Lipinski definition) is 1. The van der Waals surface area contributed by atoms with Crippen LogP contribution < -0.4 is 0 Å². The number of rotatable bonds is 5. The largest absolute Gasteiger partial charge is 0.374 e. The second-order valence-corrected chi connectivity index (χ2v) is 6.35. The van der Waals surface area contributed by atoms with Crippen molar-refractivity contribution in [1.29, 1.82) is 0 Å². The van der Waals surface area contributed by atoms with E-state index in [9.17, 15) is 9.67 Å². The molecule has 0 bridgehead atoms. The third-order valence-electron chi connectivity index (χ3n) is 2.35. The highest BCUT2D eigenvalue weighted by atomic mass is 31.2. The molecule has 0 fully saturated rings. The maximum absolute atomic E-state index is 12.5. The summed E-state index contributed by atoms with van der Waals surface area (Å²) < 4.78 is 22.7. The van der Waals surface area contributed by atoms with Crippen LogP contribution in [0.5, 0.6) is 0 Å². The van der Waals surface area contributed by atoms with E-state index in [1.165, 1.54) is 6.92 Å². The van der Waals surface area contributed by atoms with Crippen LogP contribution in [0.1, 0.15) is 26.3 Å². The monoisotopic (exact) mass is 282 g/mol. The molecule has 1 N–H and O–H groups in total. The molecule has 0 saturated carbocycles. The zero-order chi connectivity index (χ0) is 14.4. The summed E-state index contributed by atoms with van der Waals surface area (Å²) in [5.41, 5.74) is 0.724. The third-order valence-corrected chi connectivity index (χ3v) is 4.72. The Labute approximate surface area is 114 Å². The highest BCUT2D eigenvalue weighted by Gasteiger charge is 2.44. The van der Waals surface area contributed by atoms with E-state index in [0.717, 1.165) is 5.56 Å². The quantitative estimate of drug-likeness (QED) is 0.666. The van der Waals surface area contributed by atoms with Gasteiger partial charge < -0.3 is 14.2 Å². The molecule has 0 heterocycles. The first kappa shape index (κ1) is 15.9. The third kappa shape index (κ3) is 4.19. The van der Waals surface area contributed by atoms with E-state index in [-0.39, 0.29) is 13.2 Å². The molecule has 1 aromatic rings. The van der Waals surface area contributed by atoms with Crippen molar-refractivity contribution in [1.82, 2.24) is 0 Å². The molecular formula is C14H19O4P. The van der Waals surface area contributed by atoms with E-state index in [1.54, 1.807) is 26.0 Å². The van der Waals surface area contributed by atoms with Crippen LogP contribution in [-0.4, -0.2) is 23.7 Å². The zero-order valence-corrected chi connectivity index (χ0v) is 12.3. The van der Waals surface area contributed by atoms with Gasteiger partial charge in [-0.05, 0) is 32.9 Å². The molecule has 0 radical (unpaired) electrons. The maximum Gasteiger partial charge on any atom is 0.374 e. The molecule has 0 aromatic heterocycles. The molecule has 19 heavy (non-hydrogen) atoms. The Hall–Kier alpha value is -1.11. The van der Waals surface area contributed by atoms with Gasteiger partial charge in [-0.1, -0.05) is 30.0 Å². The van der Waals surface area contributed by atoms with Gasteiger partial charge in [0.15, 0.2) is 0 Å². The van der Waals surface area contributed by atoms with Crippen molar-refractivity contribution in [2.75, 3.05) is 13.2 Å². The minimum atomic E-state index is -3.68. The topological polar surface area (TPSA) is 55.8 Å². The fraction of sp³-hybridized carbons (Fsp3) is 0.429. The lowest BCUT2D eigenvalue weighted by atomic mass is 10.2. The average Bonchev–Trinajstić information content (AvgIpc) is 2.38. The molecule has 0 amide bonds. The summed E-state index contributed by atoms with van der Waals surface area (Å²) in [6.07, 6.45) is 0. The van der Waals surface area contributed by atoms with E-state index >= 15 is 0 Å². The van der Waals surface area contributed by atoms with E-state index in [1.807, 2.05) is 18.2 Å². The van der Waals surface area contributed by atoms with Crippen molar-refractivity contribution in [3.8, 4) is 11.8 Å². The Morgan fingerprint density at radius 1 is 1.21 bits per heavy atom. The highest BCUT2D eigenvalue weighted by Crippen LogP contribution is 2.58. The Kier molecular flexibility index (Phi) is 5.78. The number of benzene rings is 1. The zero-order valence-electron chi connectivity index (χ0n) is 11.4. The Morgan fingerprint density at radius 2 is 1.74 bits per heavy atom. The van der Waals surface area contributed by atoms with Crippen LogP contribution in [0.2, 0.25) is 0 Å². The van der Waals surface area contributed by atoms with Crippen LogP contribution in [0, 0.1) is 11.8 Å². The number of aliphatic hydroxyl groups is 1. The minimum Gasteiger partial charge on any atom is -0.368 e. The molecule has 0 spiro atoms. The lowest BCUT2D eigenvalue weighted by Gasteiger charge is -2.26. The summed E-state index contributed by atoms with van der Waals surface area (Å²) in [6, 6.07) is 9.14. The summed E-state index contributed by atoms with van der Waals surface area (Å²) in [7, 11) is -3.68. The van der Waals surface area contributed by atoms with Crippen LogP contribution in [0.15, 0.2) is 30.3 Å². The lowest BCUT2D eigenvalue weighted by molar-refractivity contribution is 0.121. The Bertz CT molecular complexity index is 489. The maximum atomic E-state index is 12.5. The minimum absolute atomic E-state index is 0.181. The van der Waals surface area contributed by atoms with E-state index in [2.05, 4.69) is 11.8 Å². The van der Waals surface area contributed by atoms with Gasteiger partial charge in [0.05, 0.1) is 13.2 Å². The lowest BCUT2D eigenvalue weighted by Crippen LogP contribution is -2.25. The van der Waals surface area contributed by atoms with Crippen LogP contribution in [0.25, 0.3) is 0 Å². The van der Waals surface area contributed by atoms with Crippen molar-refractivity contribution in [3.05, 3.63) is 35.9 Å². The smallest absolute Gasteiger partial charge is 0.368 e. The van der Waals surface area contributed by atoms with Gasteiger partial charge in [0.2, 0.25) is 5.34 Å². The molecule has 0 aliphatic carbocycles. The van der Waals surface area contributed by atoms with Crippen LogP contribution in [0.3, 0.4) is 0 Å². The first-order valence-corrected chi connectivity index (χ1v) is 7.69. The van der Waals surface area contributed by atoms with Gasteiger partial charge in [0.25, 0.3) is 0 Å². The van der Waals surface area contributed by atoms with Gasteiger partial charge in [-0.2, -0.15) is 0 Å². The molecule has 4 nitrogen and oxygen atoms in total. The molecular weight excluding hydrogens is 263 g/mol. The second kappa shape index (κ2) is 6.88. The predicted molar refractivity (Wildman–Crippen MR) is 74.8 cm³/mol. The fourth-order valence-corrected chi connectivity index (χ4v) is 2.86. The highest BCUT2D eigenvalue weighted by molar-refractivity contribution is 7.55. The summed E-state index contributed by atoms with van der Waals surface area (Å²) in [5, 5.41) is 8.43. The first-order valence-electron chi connectivity index (χ1n) is 6.15. The Morgan fingerprint density at radius 3 is 2.21 bits per heavy atom. The van der Waals surface area contributed by atoms with E-state index in [4.69, 9.17) is 9.05 Å². The van der Waals surface area contributed by atoms with Gasteiger partial charge in [-0.15, -0.1) is 0 Å².